The minimum absolute atomic E-state index is 0.0692. The molecule has 0 radical (unpaired) electrons. The maximum absolute atomic E-state index is 12.2. The van der Waals surface area contributed by atoms with Gasteiger partial charge in [-0.15, -0.1) is 0 Å². The molecule has 0 saturated carbocycles. The number of aromatic nitrogens is 2. The Balaban J connectivity index is 2.03. The molecular weight excluding hydrogens is 302 g/mol. The summed E-state index contributed by atoms with van der Waals surface area (Å²) >= 11 is 0. The van der Waals surface area contributed by atoms with Crippen LogP contribution in [0.5, 0.6) is 0 Å². The second kappa shape index (κ2) is 5.72. The molecule has 0 amide bonds. The minimum atomic E-state index is -3.59. The van der Waals surface area contributed by atoms with Crippen LogP contribution in [0.15, 0.2) is 6.07 Å². The summed E-state index contributed by atoms with van der Waals surface area (Å²) in [5.41, 5.74) is 0.872. The number of nitrogens with one attached hydrogen (secondary N) is 2. The van der Waals surface area contributed by atoms with Crippen LogP contribution >= 0.6 is 0 Å². The van der Waals surface area contributed by atoms with Crippen molar-refractivity contribution in [1.29, 1.82) is 0 Å². The number of H-pyrrole nitrogens is 1. The van der Waals surface area contributed by atoms with Gasteiger partial charge in [0.1, 0.15) is 9.84 Å². The highest BCUT2D eigenvalue weighted by Crippen LogP contribution is 2.21. The lowest BCUT2D eigenvalue weighted by molar-refractivity contribution is 0.555. The maximum atomic E-state index is 12.2. The van der Waals surface area contributed by atoms with Crippen LogP contribution in [0.3, 0.4) is 0 Å². The summed E-state index contributed by atoms with van der Waals surface area (Å²) in [7, 11) is -6.65. The van der Waals surface area contributed by atoms with Gasteiger partial charge in [0.15, 0.2) is 5.82 Å². The van der Waals surface area contributed by atoms with Gasteiger partial charge in [-0.2, -0.15) is 5.10 Å². The SMILES string of the molecule is CCCc1cc(NS(=O)(=O)C2CCS(=O)(=O)CC2)n[nH]1. The van der Waals surface area contributed by atoms with Crippen LogP contribution in [0.2, 0.25) is 0 Å². The van der Waals surface area contributed by atoms with Gasteiger partial charge in [-0.1, -0.05) is 13.3 Å². The summed E-state index contributed by atoms with van der Waals surface area (Å²) in [4.78, 5) is 0. The van der Waals surface area contributed by atoms with E-state index in [1.165, 1.54) is 0 Å². The molecule has 0 aliphatic carbocycles. The smallest absolute Gasteiger partial charge is 0.236 e. The monoisotopic (exact) mass is 321 g/mol. The normalized spacial score (nSPS) is 19.9. The molecule has 1 aromatic heterocycles. The van der Waals surface area contributed by atoms with E-state index < -0.39 is 25.1 Å². The minimum Gasteiger partial charge on any atom is -0.280 e. The Kier molecular flexibility index (Phi) is 4.38. The molecule has 0 bridgehead atoms. The third-order valence-corrected chi connectivity index (χ3v) is 6.90. The largest absolute Gasteiger partial charge is 0.280 e. The molecule has 0 unspecified atom stereocenters. The van der Waals surface area contributed by atoms with Gasteiger partial charge in [-0.3, -0.25) is 9.82 Å². The number of aromatic amines is 1. The molecule has 1 aliphatic heterocycles. The summed E-state index contributed by atoms with van der Waals surface area (Å²) in [5, 5.41) is 6.01. The molecule has 7 nitrogen and oxygen atoms in total. The van der Waals surface area contributed by atoms with E-state index in [0.29, 0.717) is 0 Å². The molecule has 114 valence electrons. The molecule has 1 fully saturated rings. The number of aryl methyl sites for hydroxylation is 1. The first kappa shape index (κ1) is 15.3. The molecule has 20 heavy (non-hydrogen) atoms. The van der Waals surface area contributed by atoms with Crippen LogP contribution in [0, 0.1) is 0 Å². The summed E-state index contributed by atoms with van der Waals surface area (Å²) in [6.45, 7) is 2.02. The quantitative estimate of drug-likeness (QED) is 0.829. The Morgan fingerprint density at radius 2 is 2.05 bits per heavy atom. The Morgan fingerprint density at radius 3 is 2.65 bits per heavy atom. The van der Waals surface area contributed by atoms with Crippen LogP contribution in [-0.2, 0) is 26.3 Å². The van der Waals surface area contributed by atoms with E-state index in [9.17, 15) is 16.8 Å². The third kappa shape index (κ3) is 3.72. The van der Waals surface area contributed by atoms with Crippen molar-refractivity contribution in [2.75, 3.05) is 16.2 Å². The molecule has 2 N–H and O–H groups in total. The van der Waals surface area contributed by atoms with Gasteiger partial charge in [0.05, 0.1) is 16.8 Å². The molecule has 1 aromatic rings. The van der Waals surface area contributed by atoms with Crippen molar-refractivity contribution in [3.05, 3.63) is 11.8 Å². The van der Waals surface area contributed by atoms with Crippen molar-refractivity contribution in [3.63, 3.8) is 0 Å². The van der Waals surface area contributed by atoms with E-state index >= 15 is 0 Å². The average molecular weight is 321 g/mol. The average Bonchev–Trinajstić information content (AvgIpc) is 2.75. The van der Waals surface area contributed by atoms with E-state index in [-0.39, 0.29) is 30.2 Å². The third-order valence-electron chi connectivity index (χ3n) is 3.34. The van der Waals surface area contributed by atoms with Crippen molar-refractivity contribution in [1.82, 2.24) is 10.2 Å². The molecule has 2 rings (SSSR count). The number of sulfone groups is 1. The molecular formula is C11H19N3O4S2. The highest BCUT2D eigenvalue weighted by atomic mass is 32.2. The van der Waals surface area contributed by atoms with Crippen molar-refractivity contribution < 1.29 is 16.8 Å². The Bertz CT molecular complexity index is 650. The number of hydrogen-bond donors (Lipinski definition) is 2. The van der Waals surface area contributed by atoms with Crippen molar-refractivity contribution >= 4 is 25.7 Å². The van der Waals surface area contributed by atoms with Gasteiger partial charge in [0.25, 0.3) is 0 Å². The zero-order chi connectivity index (χ0) is 14.8. The predicted octanol–water partition coefficient (Wildman–Crippen LogP) is 0.681. The number of rotatable bonds is 5. The zero-order valence-corrected chi connectivity index (χ0v) is 12.9. The van der Waals surface area contributed by atoms with Crippen LogP contribution in [-0.4, -0.2) is 43.8 Å². The van der Waals surface area contributed by atoms with E-state index in [1.807, 2.05) is 6.92 Å². The maximum Gasteiger partial charge on any atom is 0.236 e. The van der Waals surface area contributed by atoms with Gasteiger partial charge >= 0.3 is 0 Å². The Hall–Kier alpha value is -1.09. The summed E-state index contributed by atoms with van der Waals surface area (Å²) in [6.07, 6.45) is 2.03. The van der Waals surface area contributed by atoms with Crippen LogP contribution < -0.4 is 4.72 Å². The van der Waals surface area contributed by atoms with E-state index in [1.54, 1.807) is 6.07 Å². The molecule has 2 heterocycles. The zero-order valence-electron chi connectivity index (χ0n) is 11.3. The fraction of sp³-hybridized carbons (Fsp3) is 0.727. The number of hydrogen-bond acceptors (Lipinski definition) is 5. The summed E-state index contributed by atoms with van der Waals surface area (Å²) in [5.74, 6) is 0.127. The molecule has 0 spiro atoms. The van der Waals surface area contributed by atoms with Crippen LogP contribution in [0.4, 0.5) is 5.82 Å². The van der Waals surface area contributed by atoms with E-state index in [4.69, 9.17) is 0 Å². The second-order valence-electron chi connectivity index (χ2n) is 5.03. The van der Waals surface area contributed by atoms with Gasteiger partial charge in [0, 0.05) is 11.8 Å². The first-order valence-corrected chi connectivity index (χ1v) is 9.95. The first-order valence-electron chi connectivity index (χ1n) is 6.59. The van der Waals surface area contributed by atoms with Gasteiger partial charge < -0.3 is 0 Å². The first-order chi connectivity index (χ1) is 9.32. The van der Waals surface area contributed by atoms with Crippen LogP contribution in [0.1, 0.15) is 31.9 Å². The van der Waals surface area contributed by atoms with Crippen molar-refractivity contribution in [2.24, 2.45) is 0 Å². The lowest BCUT2D eigenvalue weighted by Crippen LogP contribution is -2.36. The second-order valence-corrected chi connectivity index (χ2v) is 9.29. The molecule has 9 heteroatoms. The fourth-order valence-corrected chi connectivity index (χ4v) is 5.43. The molecule has 1 saturated heterocycles. The Labute approximate surface area is 119 Å². The highest BCUT2D eigenvalue weighted by Gasteiger charge is 2.33. The topological polar surface area (TPSA) is 109 Å². The van der Waals surface area contributed by atoms with Crippen molar-refractivity contribution in [3.8, 4) is 0 Å². The highest BCUT2D eigenvalue weighted by molar-refractivity contribution is 7.94. The standard InChI is InChI=1S/C11H19N3O4S2/c1-2-3-9-8-11(13-12-9)14-20(17,18)10-4-6-19(15,16)7-5-10/h8,10H,2-7H2,1H3,(H2,12,13,14). The van der Waals surface area contributed by atoms with Gasteiger partial charge in [-0.05, 0) is 19.3 Å². The molecule has 0 aromatic carbocycles. The Morgan fingerprint density at radius 1 is 1.40 bits per heavy atom. The van der Waals surface area contributed by atoms with E-state index in [2.05, 4.69) is 14.9 Å². The van der Waals surface area contributed by atoms with E-state index in [0.717, 1.165) is 18.5 Å². The number of nitrogens with zero attached hydrogens (tertiary/aromatic N) is 1. The van der Waals surface area contributed by atoms with Gasteiger partial charge in [0.2, 0.25) is 10.0 Å². The number of sulfonamides is 1. The van der Waals surface area contributed by atoms with Crippen molar-refractivity contribution in [2.45, 2.75) is 37.9 Å². The molecule has 1 aliphatic rings. The number of anilines is 1. The fourth-order valence-electron chi connectivity index (χ4n) is 2.22. The lowest BCUT2D eigenvalue weighted by atomic mass is 10.2. The molecule has 0 atom stereocenters. The van der Waals surface area contributed by atoms with Gasteiger partial charge in [-0.25, -0.2) is 16.8 Å². The lowest BCUT2D eigenvalue weighted by Gasteiger charge is -2.21. The summed E-state index contributed by atoms with van der Waals surface area (Å²) < 4.78 is 49.4. The predicted molar refractivity (Wildman–Crippen MR) is 76.8 cm³/mol. The summed E-state index contributed by atoms with van der Waals surface area (Å²) in [6, 6.07) is 1.67. The van der Waals surface area contributed by atoms with Crippen LogP contribution in [0.25, 0.3) is 0 Å².